The molecule has 0 aliphatic carbocycles. The summed E-state index contributed by atoms with van der Waals surface area (Å²) in [6.45, 7) is 3.07. The van der Waals surface area contributed by atoms with Crippen LogP contribution in [0.15, 0.2) is 0 Å². The molecule has 0 aromatic rings. The molecule has 0 amide bonds. The van der Waals surface area contributed by atoms with Crippen LogP contribution in [0.4, 0.5) is 0 Å². The van der Waals surface area contributed by atoms with E-state index in [0.717, 1.165) is 4.31 Å². The molecular weight excluding hydrogens is 246 g/mol. The van der Waals surface area contributed by atoms with Crippen LogP contribution in [-0.2, 0) is 15.0 Å². The van der Waals surface area contributed by atoms with Gasteiger partial charge in [0.05, 0.1) is 17.9 Å². The van der Waals surface area contributed by atoms with Crippen molar-refractivity contribution >= 4 is 16.2 Å². The number of carbonyl (C=O) groups is 1. The Morgan fingerprint density at radius 2 is 2.06 bits per heavy atom. The molecule has 0 unspecified atom stereocenters. The van der Waals surface area contributed by atoms with Crippen molar-refractivity contribution in [3.63, 3.8) is 0 Å². The quantitative estimate of drug-likeness (QED) is 0.659. The van der Waals surface area contributed by atoms with Crippen molar-refractivity contribution in [2.75, 3.05) is 20.1 Å². The summed E-state index contributed by atoms with van der Waals surface area (Å²) in [7, 11) is -2.45. The first kappa shape index (κ1) is 15.8. The zero-order valence-electron chi connectivity index (χ0n) is 10.1. The Bertz CT molecular complexity index is 410. The number of nitriles is 1. The summed E-state index contributed by atoms with van der Waals surface area (Å²) in [6.07, 6.45) is -0.265. The van der Waals surface area contributed by atoms with Crippen LogP contribution in [0.25, 0.3) is 0 Å². The van der Waals surface area contributed by atoms with Gasteiger partial charge in [-0.05, 0) is 13.8 Å². The predicted octanol–water partition coefficient (Wildman–Crippen LogP) is -0.223. The Morgan fingerprint density at radius 1 is 1.53 bits per heavy atom. The van der Waals surface area contributed by atoms with E-state index in [-0.39, 0.29) is 19.5 Å². The highest BCUT2D eigenvalue weighted by Crippen LogP contribution is 2.11. The number of carboxylic acid groups (broad SMARTS) is 1. The maximum Gasteiger partial charge on any atom is 0.304 e. The molecule has 0 aliphatic rings. The van der Waals surface area contributed by atoms with E-state index in [2.05, 4.69) is 4.72 Å². The molecule has 0 fully saturated rings. The lowest BCUT2D eigenvalue weighted by Gasteiger charge is -2.20. The lowest BCUT2D eigenvalue weighted by molar-refractivity contribution is -0.137. The van der Waals surface area contributed by atoms with Gasteiger partial charge in [0.15, 0.2) is 0 Å². The van der Waals surface area contributed by atoms with Crippen LogP contribution >= 0.6 is 0 Å². The summed E-state index contributed by atoms with van der Waals surface area (Å²) in [5.74, 6) is -1.07. The van der Waals surface area contributed by atoms with Crippen molar-refractivity contribution in [2.45, 2.75) is 20.3 Å². The molecule has 0 rings (SSSR count). The molecule has 0 saturated carbocycles. The summed E-state index contributed by atoms with van der Waals surface area (Å²) in [4.78, 5) is 10.3. The minimum absolute atomic E-state index is 0.0246. The first-order valence-corrected chi connectivity index (χ1v) is 6.39. The second-order valence-electron chi connectivity index (χ2n) is 4.29. The normalized spacial score (nSPS) is 12.4. The van der Waals surface area contributed by atoms with E-state index in [1.807, 2.05) is 6.07 Å². The molecule has 17 heavy (non-hydrogen) atoms. The van der Waals surface area contributed by atoms with Crippen molar-refractivity contribution in [2.24, 2.45) is 5.41 Å². The lowest BCUT2D eigenvalue weighted by atomic mass is 9.97. The van der Waals surface area contributed by atoms with E-state index in [4.69, 9.17) is 10.4 Å². The van der Waals surface area contributed by atoms with Crippen LogP contribution in [0.1, 0.15) is 20.3 Å². The lowest BCUT2D eigenvalue weighted by Crippen LogP contribution is -2.42. The van der Waals surface area contributed by atoms with Gasteiger partial charge >= 0.3 is 5.97 Å². The van der Waals surface area contributed by atoms with Gasteiger partial charge in [-0.3, -0.25) is 4.79 Å². The van der Waals surface area contributed by atoms with Gasteiger partial charge in [-0.2, -0.15) is 18.0 Å². The zero-order chi connectivity index (χ0) is 13.7. The first-order chi connectivity index (χ1) is 7.60. The molecule has 0 aromatic carbocycles. The molecule has 7 nitrogen and oxygen atoms in total. The molecule has 0 bridgehead atoms. The maximum absolute atomic E-state index is 11.6. The Morgan fingerprint density at radius 3 is 2.47 bits per heavy atom. The predicted molar refractivity (Wildman–Crippen MR) is 61.2 cm³/mol. The zero-order valence-corrected chi connectivity index (χ0v) is 10.9. The van der Waals surface area contributed by atoms with Crippen molar-refractivity contribution in [1.29, 1.82) is 5.26 Å². The summed E-state index contributed by atoms with van der Waals surface area (Å²) in [5, 5.41) is 17.2. The molecular formula is C9H17N3O4S. The molecule has 2 N–H and O–H groups in total. The fourth-order valence-electron chi connectivity index (χ4n) is 0.795. The Kier molecular flexibility index (Phi) is 5.54. The molecule has 0 radical (unpaired) electrons. The van der Waals surface area contributed by atoms with Crippen LogP contribution in [0.2, 0.25) is 0 Å². The molecule has 0 atom stereocenters. The minimum atomic E-state index is -3.73. The molecule has 0 aliphatic heterocycles. The van der Waals surface area contributed by atoms with E-state index >= 15 is 0 Å². The highest BCUT2D eigenvalue weighted by atomic mass is 32.2. The van der Waals surface area contributed by atoms with Gasteiger partial charge in [0, 0.05) is 20.1 Å². The fraction of sp³-hybridized carbons (Fsp3) is 0.778. The summed E-state index contributed by atoms with van der Waals surface area (Å²) < 4.78 is 26.4. The number of hydrogen-bond acceptors (Lipinski definition) is 4. The monoisotopic (exact) mass is 263 g/mol. The van der Waals surface area contributed by atoms with E-state index in [0.29, 0.717) is 0 Å². The van der Waals surface area contributed by atoms with Gasteiger partial charge < -0.3 is 5.11 Å². The second-order valence-corrected chi connectivity index (χ2v) is 6.15. The number of aliphatic carboxylic acids is 1. The SMILES string of the molecule is CN(CCC(=O)O)S(=O)(=O)NCC(C)(C)C#N. The summed E-state index contributed by atoms with van der Waals surface area (Å²) in [5.41, 5.74) is -0.805. The largest absolute Gasteiger partial charge is 0.481 e. The van der Waals surface area contributed by atoms with Crippen LogP contribution in [0.5, 0.6) is 0 Å². The fourth-order valence-corrected chi connectivity index (χ4v) is 1.89. The van der Waals surface area contributed by atoms with E-state index < -0.39 is 21.6 Å². The number of rotatable bonds is 7. The van der Waals surface area contributed by atoms with Gasteiger partial charge in [0.2, 0.25) is 0 Å². The van der Waals surface area contributed by atoms with Crippen molar-refractivity contribution in [3.8, 4) is 6.07 Å². The smallest absolute Gasteiger partial charge is 0.304 e. The average molecular weight is 263 g/mol. The van der Waals surface area contributed by atoms with Crippen molar-refractivity contribution < 1.29 is 18.3 Å². The van der Waals surface area contributed by atoms with Gasteiger partial charge in [0.25, 0.3) is 10.2 Å². The van der Waals surface area contributed by atoms with E-state index in [1.54, 1.807) is 13.8 Å². The summed E-state index contributed by atoms with van der Waals surface area (Å²) >= 11 is 0. The Hall–Kier alpha value is -1.17. The third-order valence-corrected chi connectivity index (χ3v) is 3.56. The minimum Gasteiger partial charge on any atom is -0.481 e. The van der Waals surface area contributed by atoms with Crippen LogP contribution < -0.4 is 4.72 Å². The first-order valence-electron chi connectivity index (χ1n) is 4.95. The Labute approximate surface area is 101 Å². The van der Waals surface area contributed by atoms with Crippen molar-refractivity contribution in [1.82, 2.24) is 9.03 Å². The number of carboxylic acids is 1. The molecule has 8 heteroatoms. The highest BCUT2D eigenvalue weighted by Gasteiger charge is 2.23. The topological polar surface area (TPSA) is 110 Å². The van der Waals surface area contributed by atoms with E-state index in [1.165, 1.54) is 7.05 Å². The van der Waals surface area contributed by atoms with Crippen LogP contribution in [0.3, 0.4) is 0 Å². The molecule has 0 saturated heterocycles. The maximum atomic E-state index is 11.6. The van der Waals surface area contributed by atoms with Gasteiger partial charge in [-0.15, -0.1) is 0 Å². The van der Waals surface area contributed by atoms with Gasteiger partial charge in [-0.1, -0.05) is 0 Å². The van der Waals surface area contributed by atoms with Crippen LogP contribution in [0, 0.1) is 16.7 Å². The highest BCUT2D eigenvalue weighted by molar-refractivity contribution is 7.87. The number of nitrogens with zero attached hydrogens (tertiary/aromatic N) is 2. The second kappa shape index (κ2) is 5.95. The Balaban J connectivity index is 4.39. The molecule has 0 spiro atoms. The molecule has 98 valence electrons. The van der Waals surface area contributed by atoms with Crippen LogP contribution in [-0.4, -0.2) is 43.9 Å². The van der Waals surface area contributed by atoms with E-state index in [9.17, 15) is 13.2 Å². The third kappa shape index (κ3) is 6.21. The number of nitrogens with one attached hydrogen (secondary N) is 1. The molecule has 0 aromatic heterocycles. The summed E-state index contributed by atoms with van der Waals surface area (Å²) in [6, 6.07) is 1.96. The standard InChI is InChI=1S/C9H17N3O4S/c1-9(2,6-10)7-11-17(15,16)12(3)5-4-8(13)14/h11H,4-5,7H2,1-3H3,(H,13,14). The number of hydrogen-bond donors (Lipinski definition) is 2. The van der Waals surface area contributed by atoms with Gasteiger partial charge in [-0.25, -0.2) is 4.72 Å². The average Bonchev–Trinajstić information content (AvgIpc) is 2.23. The van der Waals surface area contributed by atoms with Crippen molar-refractivity contribution in [3.05, 3.63) is 0 Å². The third-order valence-electron chi connectivity index (χ3n) is 2.05. The molecule has 0 heterocycles. The van der Waals surface area contributed by atoms with Gasteiger partial charge in [0.1, 0.15) is 0 Å².